The number of carbonyl (C=O) groups excluding carboxylic acids is 1. The van der Waals surface area contributed by atoms with Gasteiger partial charge in [0.15, 0.2) is 10.8 Å². The summed E-state index contributed by atoms with van der Waals surface area (Å²) < 4.78 is 46.6. The largest absolute Gasteiger partial charge is 0.488 e. The van der Waals surface area contributed by atoms with Gasteiger partial charge in [0, 0.05) is 30.9 Å². The maximum absolute atomic E-state index is 13.5. The second-order valence-electron chi connectivity index (χ2n) is 9.02. The highest BCUT2D eigenvalue weighted by Gasteiger charge is 2.62. The fourth-order valence-corrected chi connectivity index (χ4v) is 5.49. The second-order valence-corrected chi connectivity index (χ2v) is 9.40. The first-order valence-corrected chi connectivity index (χ1v) is 11.6. The van der Waals surface area contributed by atoms with Crippen LogP contribution in [0.4, 0.5) is 18.9 Å². The number of ether oxygens (including phenoxy) is 1. The minimum absolute atomic E-state index is 0.0365. The van der Waals surface area contributed by atoms with E-state index in [0.717, 1.165) is 19.2 Å². The number of nitriles is 1. The first kappa shape index (κ1) is 24.0. The summed E-state index contributed by atoms with van der Waals surface area (Å²) >= 11 is 5.45. The number of aromatic nitrogens is 1. The molecule has 184 valence electrons. The van der Waals surface area contributed by atoms with Crippen molar-refractivity contribution in [2.24, 2.45) is 0 Å². The zero-order chi connectivity index (χ0) is 25.7. The molecule has 0 bridgehead atoms. The lowest BCUT2D eigenvalue weighted by molar-refractivity contribution is -0.138. The van der Waals surface area contributed by atoms with Gasteiger partial charge in [-0.2, -0.15) is 18.4 Å². The van der Waals surface area contributed by atoms with Crippen molar-refractivity contribution in [3.8, 4) is 24.2 Å². The Balaban J connectivity index is 1.41. The topological polar surface area (TPSA) is 81.5 Å². The zero-order valence-corrected chi connectivity index (χ0v) is 19.7. The second kappa shape index (κ2) is 8.77. The number of likely N-dealkylation sites (tertiary alicyclic amines) is 1. The van der Waals surface area contributed by atoms with Crippen molar-refractivity contribution in [1.29, 1.82) is 5.26 Å². The number of anilines is 1. The van der Waals surface area contributed by atoms with E-state index in [1.165, 1.54) is 12.3 Å². The smallest absolute Gasteiger partial charge is 0.419 e. The number of amides is 1. The van der Waals surface area contributed by atoms with Gasteiger partial charge in [-0.05, 0) is 61.0 Å². The molecule has 5 rings (SSSR count). The number of hydrogen-bond donors (Lipinski definition) is 1. The number of terminal acetylenes is 1. The van der Waals surface area contributed by atoms with Crippen LogP contribution in [0.1, 0.15) is 35.6 Å². The molecule has 1 N–H and O–H groups in total. The lowest BCUT2D eigenvalue weighted by Crippen LogP contribution is -2.60. The molecule has 1 spiro atoms. The monoisotopic (exact) mass is 511 g/mol. The Labute approximate surface area is 210 Å². The molecule has 1 saturated carbocycles. The van der Waals surface area contributed by atoms with E-state index in [-0.39, 0.29) is 22.7 Å². The fraction of sp³-hybridized carbons (Fsp3) is 0.360. The Kier molecular flexibility index (Phi) is 5.86. The maximum Gasteiger partial charge on any atom is 0.419 e. The molecule has 2 saturated heterocycles. The number of alkyl halides is 3. The Hall–Kier alpha value is -3.67. The number of hydrogen-bond acceptors (Lipinski definition) is 6. The summed E-state index contributed by atoms with van der Waals surface area (Å²) in [6.45, 7) is 2.06. The van der Waals surface area contributed by atoms with E-state index in [9.17, 15) is 18.0 Å². The van der Waals surface area contributed by atoms with Crippen LogP contribution in [0.2, 0.25) is 0 Å². The third-order valence-corrected chi connectivity index (χ3v) is 7.25. The molecule has 2 unspecified atom stereocenters. The molecule has 1 aromatic heterocycles. The molecule has 2 aliphatic heterocycles. The van der Waals surface area contributed by atoms with Gasteiger partial charge in [0.05, 0.1) is 12.1 Å². The van der Waals surface area contributed by atoms with Gasteiger partial charge < -0.3 is 15.0 Å². The highest BCUT2D eigenvalue weighted by molar-refractivity contribution is 7.80. The predicted octanol–water partition coefficient (Wildman–Crippen LogP) is 3.21. The van der Waals surface area contributed by atoms with Gasteiger partial charge in [-0.3, -0.25) is 9.69 Å². The van der Waals surface area contributed by atoms with Crippen molar-refractivity contribution in [2.75, 3.05) is 24.5 Å². The molecule has 0 radical (unpaired) electrons. The standard InChI is InChI=1S/C25H20F3N5O2S/c1-2-9-32-13-18(14-32)35-17-5-3-16(4-6-17)33-23(36)31-22(34)24(33)8-7-19(24)15-10-20(25(26,27)28)21(11-29)30-12-15/h1,3-6,10,12,18-19H,7-9,13-14H2,(H,31,34,36). The van der Waals surface area contributed by atoms with Gasteiger partial charge >= 0.3 is 6.18 Å². The molecule has 1 aromatic carbocycles. The van der Waals surface area contributed by atoms with E-state index in [1.54, 1.807) is 29.2 Å². The van der Waals surface area contributed by atoms with Gasteiger partial charge in [-0.25, -0.2) is 4.98 Å². The summed E-state index contributed by atoms with van der Waals surface area (Å²) in [6, 6.07) is 9.50. The van der Waals surface area contributed by atoms with E-state index in [2.05, 4.69) is 21.1 Å². The first-order valence-electron chi connectivity index (χ1n) is 11.2. The minimum Gasteiger partial charge on any atom is -0.488 e. The van der Waals surface area contributed by atoms with Crippen LogP contribution >= 0.6 is 12.2 Å². The average molecular weight is 512 g/mol. The highest BCUT2D eigenvalue weighted by Crippen LogP contribution is 2.54. The van der Waals surface area contributed by atoms with Crippen LogP contribution in [0.15, 0.2) is 36.5 Å². The van der Waals surface area contributed by atoms with Crippen LogP contribution in [-0.2, 0) is 11.0 Å². The quantitative estimate of drug-likeness (QED) is 0.488. The van der Waals surface area contributed by atoms with Crippen molar-refractivity contribution < 1.29 is 22.7 Å². The molecule has 7 nitrogen and oxygen atoms in total. The number of carbonyl (C=O) groups is 1. The van der Waals surface area contributed by atoms with Gasteiger partial charge in [-0.15, -0.1) is 6.42 Å². The first-order chi connectivity index (χ1) is 17.2. The molecule has 2 aromatic rings. The van der Waals surface area contributed by atoms with Crippen molar-refractivity contribution in [3.05, 3.63) is 53.3 Å². The Morgan fingerprint density at radius 2 is 2.03 bits per heavy atom. The van der Waals surface area contributed by atoms with Crippen molar-refractivity contribution >= 4 is 28.9 Å². The number of nitrogens with zero attached hydrogens (tertiary/aromatic N) is 4. The van der Waals surface area contributed by atoms with Crippen molar-refractivity contribution in [2.45, 2.75) is 36.6 Å². The molecule has 3 fully saturated rings. The lowest BCUT2D eigenvalue weighted by Gasteiger charge is -2.50. The van der Waals surface area contributed by atoms with E-state index in [0.29, 0.717) is 30.8 Å². The van der Waals surface area contributed by atoms with E-state index in [1.807, 2.05) is 0 Å². The number of pyridine rings is 1. The third kappa shape index (κ3) is 3.85. The van der Waals surface area contributed by atoms with E-state index < -0.39 is 28.9 Å². The van der Waals surface area contributed by atoms with Gasteiger partial charge in [0.2, 0.25) is 0 Å². The molecule has 1 aliphatic carbocycles. The fourth-order valence-electron chi connectivity index (χ4n) is 5.13. The summed E-state index contributed by atoms with van der Waals surface area (Å²) in [6.07, 6.45) is 2.72. The number of halogens is 3. The summed E-state index contributed by atoms with van der Waals surface area (Å²) in [5, 5.41) is 11.9. The summed E-state index contributed by atoms with van der Waals surface area (Å²) in [7, 11) is 0. The zero-order valence-electron chi connectivity index (χ0n) is 18.9. The SMILES string of the molecule is C#CCN1CC(Oc2ccc(N3C(=S)NC(=O)C34CCC4c3cnc(C#N)c(C(F)(F)F)c3)cc2)C1. The number of rotatable bonds is 5. The normalized spacial score (nSPS) is 24.0. The number of thiocarbonyl (C=S) groups is 1. The highest BCUT2D eigenvalue weighted by atomic mass is 32.1. The molecule has 11 heteroatoms. The molecular formula is C25H20F3N5O2S. The van der Waals surface area contributed by atoms with Crippen LogP contribution in [-0.4, -0.2) is 52.2 Å². The van der Waals surface area contributed by atoms with Crippen molar-refractivity contribution in [3.63, 3.8) is 0 Å². The van der Waals surface area contributed by atoms with Gasteiger partial charge in [-0.1, -0.05) is 5.92 Å². The third-order valence-electron chi connectivity index (χ3n) is 6.97. The molecule has 2 atom stereocenters. The summed E-state index contributed by atoms with van der Waals surface area (Å²) in [4.78, 5) is 20.6. The number of nitrogens with one attached hydrogen (secondary N) is 1. The summed E-state index contributed by atoms with van der Waals surface area (Å²) in [5.41, 5.74) is -2.14. The molecule has 3 heterocycles. The maximum atomic E-state index is 13.5. The van der Waals surface area contributed by atoms with Gasteiger partial charge in [0.1, 0.15) is 23.5 Å². The van der Waals surface area contributed by atoms with Crippen molar-refractivity contribution in [1.82, 2.24) is 15.2 Å². The molecule has 1 amide bonds. The van der Waals surface area contributed by atoms with E-state index >= 15 is 0 Å². The Morgan fingerprint density at radius 3 is 2.61 bits per heavy atom. The Morgan fingerprint density at radius 1 is 1.31 bits per heavy atom. The van der Waals surface area contributed by atoms with Crippen LogP contribution in [0.25, 0.3) is 0 Å². The van der Waals surface area contributed by atoms with Crippen LogP contribution in [0.5, 0.6) is 5.75 Å². The van der Waals surface area contributed by atoms with Crippen LogP contribution < -0.4 is 15.0 Å². The Bertz CT molecular complexity index is 1310. The van der Waals surface area contributed by atoms with E-state index in [4.69, 9.17) is 28.6 Å². The lowest BCUT2D eigenvalue weighted by atomic mass is 9.62. The van der Waals surface area contributed by atoms with Gasteiger partial charge in [0.25, 0.3) is 5.91 Å². The minimum atomic E-state index is -4.74. The van der Waals surface area contributed by atoms with Crippen LogP contribution in [0.3, 0.4) is 0 Å². The number of benzene rings is 1. The van der Waals surface area contributed by atoms with Crippen LogP contribution in [0, 0.1) is 23.7 Å². The predicted molar refractivity (Wildman–Crippen MR) is 128 cm³/mol. The average Bonchev–Trinajstić information content (AvgIpc) is 3.08. The molecular weight excluding hydrogens is 491 g/mol. The summed E-state index contributed by atoms with van der Waals surface area (Å²) in [5.74, 6) is 2.29. The molecule has 36 heavy (non-hydrogen) atoms. The molecule has 3 aliphatic rings.